The van der Waals surface area contributed by atoms with Gasteiger partial charge in [-0.05, 0) is 71.0 Å². The average Bonchev–Trinajstić information content (AvgIpc) is 3.34. The molecule has 0 aromatic heterocycles. The molecule has 2 aliphatic rings. The van der Waals surface area contributed by atoms with Gasteiger partial charge in [-0.15, -0.1) is 0 Å². The Morgan fingerprint density at radius 3 is 2.70 bits per heavy atom. The lowest BCUT2D eigenvalue weighted by Gasteiger charge is -2.30. The molecule has 1 aliphatic heterocycles. The highest BCUT2D eigenvalue weighted by Crippen LogP contribution is 2.37. The fourth-order valence-corrected chi connectivity index (χ4v) is 4.52. The van der Waals surface area contributed by atoms with E-state index in [-0.39, 0.29) is 0 Å². The van der Waals surface area contributed by atoms with E-state index in [0.29, 0.717) is 5.96 Å². The minimum absolute atomic E-state index is 0.487. The van der Waals surface area contributed by atoms with Crippen LogP contribution in [0.5, 0.6) is 0 Å². The molecule has 0 bridgehead atoms. The molecule has 1 aliphatic carbocycles. The van der Waals surface area contributed by atoms with Crippen LogP contribution in [-0.4, -0.2) is 26.6 Å². The molecule has 136 valence electrons. The second-order valence-electron chi connectivity index (χ2n) is 7.54. The van der Waals surface area contributed by atoms with Gasteiger partial charge in [0.05, 0.1) is 0 Å². The first-order valence-electron chi connectivity index (χ1n) is 9.60. The lowest BCUT2D eigenvalue weighted by molar-refractivity contribution is 1.01. The van der Waals surface area contributed by atoms with Gasteiger partial charge in [0.25, 0.3) is 0 Å². The number of aryl methyl sites for hydroxylation is 2. The topological polar surface area (TPSA) is 42.4 Å². The Labute approximate surface area is 159 Å². The molecule has 1 heterocycles. The smallest absolute Gasteiger partial charge is 0.202 e. The molecule has 4 nitrogen and oxygen atoms in total. The minimum atomic E-state index is 0.487. The average molecular weight is 356 g/mol. The van der Waals surface area contributed by atoms with Crippen LogP contribution in [-0.2, 0) is 19.3 Å². The van der Waals surface area contributed by atoms with E-state index < -0.39 is 0 Å². The summed E-state index contributed by atoms with van der Waals surface area (Å²) in [6, 6.07) is 17.4. The summed E-state index contributed by atoms with van der Waals surface area (Å²) in [5, 5.41) is 14.9. The van der Waals surface area contributed by atoms with E-state index in [0.717, 1.165) is 37.2 Å². The van der Waals surface area contributed by atoms with Crippen molar-refractivity contribution in [2.24, 2.45) is 0 Å². The van der Waals surface area contributed by atoms with Gasteiger partial charge in [-0.2, -0.15) is 0 Å². The number of fused-ring (bicyclic) bond motifs is 1. The third kappa shape index (κ3) is 2.47. The van der Waals surface area contributed by atoms with Crippen LogP contribution in [0.4, 0.5) is 17.1 Å². The molecule has 3 aromatic carbocycles. The highest BCUT2D eigenvalue weighted by Gasteiger charge is 2.22. The Hall–Kier alpha value is -3.01. The summed E-state index contributed by atoms with van der Waals surface area (Å²) in [7, 11) is 3.99. The summed E-state index contributed by atoms with van der Waals surface area (Å²) >= 11 is 0. The first-order chi connectivity index (χ1) is 13.1. The summed E-state index contributed by atoms with van der Waals surface area (Å²) in [5.74, 6) is 0.487. The van der Waals surface area contributed by atoms with Gasteiger partial charge in [0.15, 0.2) is 0 Å². The van der Waals surface area contributed by atoms with Gasteiger partial charge in [0.1, 0.15) is 0 Å². The van der Waals surface area contributed by atoms with Crippen molar-refractivity contribution in [1.82, 2.24) is 0 Å². The van der Waals surface area contributed by atoms with Crippen molar-refractivity contribution in [1.29, 1.82) is 5.41 Å². The van der Waals surface area contributed by atoms with Crippen molar-refractivity contribution in [3.8, 4) is 0 Å². The fourth-order valence-electron chi connectivity index (χ4n) is 4.52. The van der Waals surface area contributed by atoms with E-state index in [1.54, 1.807) is 0 Å². The molecular weight excluding hydrogens is 332 g/mol. The van der Waals surface area contributed by atoms with Crippen LogP contribution < -0.4 is 15.1 Å². The van der Waals surface area contributed by atoms with Gasteiger partial charge in [-0.25, -0.2) is 0 Å². The SMILES string of the molecule is CN(C(=N)N(C)c1ccc2cccc3c2c1CC3)c1ccc2c(c1)CCN2. The summed E-state index contributed by atoms with van der Waals surface area (Å²) in [6.07, 6.45) is 3.20. The zero-order valence-electron chi connectivity index (χ0n) is 15.8. The van der Waals surface area contributed by atoms with Crippen LogP contribution in [0.25, 0.3) is 10.8 Å². The van der Waals surface area contributed by atoms with E-state index in [2.05, 4.69) is 53.8 Å². The molecule has 0 unspecified atom stereocenters. The number of rotatable bonds is 2. The van der Waals surface area contributed by atoms with Crippen molar-refractivity contribution in [3.63, 3.8) is 0 Å². The third-order valence-electron chi connectivity index (χ3n) is 6.04. The molecule has 4 heteroatoms. The molecule has 0 saturated carbocycles. The predicted octanol–water partition coefficient (Wildman–Crippen LogP) is 4.41. The van der Waals surface area contributed by atoms with Crippen LogP contribution in [0.15, 0.2) is 48.5 Å². The summed E-state index contributed by atoms with van der Waals surface area (Å²) in [6.45, 7) is 1.00. The molecule has 5 rings (SSSR count). The van der Waals surface area contributed by atoms with Gasteiger partial charge in [0, 0.05) is 37.7 Å². The van der Waals surface area contributed by atoms with E-state index >= 15 is 0 Å². The molecule has 0 fully saturated rings. The quantitative estimate of drug-likeness (QED) is 0.528. The Kier molecular flexibility index (Phi) is 3.61. The summed E-state index contributed by atoms with van der Waals surface area (Å²) in [5.41, 5.74) is 7.58. The highest BCUT2D eigenvalue weighted by atomic mass is 15.3. The maximum Gasteiger partial charge on any atom is 0.202 e. The van der Waals surface area contributed by atoms with Crippen LogP contribution in [0, 0.1) is 5.41 Å². The van der Waals surface area contributed by atoms with Crippen LogP contribution in [0.2, 0.25) is 0 Å². The third-order valence-corrected chi connectivity index (χ3v) is 6.04. The van der Waals surface area contributed by atoms with Crippen molar-refractivity contribution in [2.75, 3.05) is 35.8 Å². The van der Waals surface area contributed by atoms with Crippen molar-refractivity contribution >= 4 is 33.8 Å². The maximum atomic E-state index is 8.81. The Morgan fingerprint density at radius 1 is 0.926 bits per heavy atom. The molecule has 2 N–H and O–H groups in total. The van der Waals surface area contributed by atoms with Crippen LogP contribution in [0.3, 0.4) is 0 Å². The van der Waals surface area contributed by atoms with Crippen LogP contribution >= 0.6 is 0 Å². The Balaban J connectivity index is 1.48. The number of anilines is 3. The number of hydrogen-bond donors (Lipinski definition) is 2. The first kappa shape index (κ1) is 16.2. The summed E-state index contributed by atoms with van der Waals surface area (Å²) in [4.78, 5) is 3.98. The maximum absolute atomic E-state index is 8.81. The molecule has 27 heavy (non-hydrogen) atoms. The molecular formula is C23H24N4. The van der Waals surface area contributed by atoms with Gasteiger partial charge in [-0.3, -0.25) is 5.41 Å². The van der Waals surface area contributed by atoms with E-state index in [1.807, 2.05) is 23.9 Å². The largest absolute Gasteiger partial charge is 0.384 e. The monoisotopic (exact) mass is 356 g/mol. The van der Waals surface area contributed by atoms with Gasteiger partial charge >= 0.3 is 0 Å². The van der Waals surface area contributed by atoms with E-state index in [4.69, 9.17) is 5.41 Å². The van der Waals surface area contributed by atoms with Crippen LogP contribution in [0.1, 0.15) is 16.7 Å². The van der Waals surface area contributed by atoms with E-state index in [1.165, 1.54) is 33.2 Å². The number of nitrogens with zero attached hydrogens (tertiary/aromatic N) is 2. The molecule has 0 radical (unpaired) electrons. The number of benzene rings is 3. The molecule has 0 saturated heterocycles. The summed E-state index contributed by atoms with van der Waals surface area (Å²) < 4.78 is 0. The fraction of sp³-hybridized carbons (Fsp3) is 0.261. The van der Waals surface area contributed by atoms with Gasteiger partial charge in [-0.1, -0.05) is 24.3 Å². The predicted molar refractivity (Wildman–Crippen MR) is 115 cm³/mol. The lowest BCUT2D eigenvalue weighted by atomic mass is 10.0. The number of nitrogens with one attached hydrogen (secondary N) is 2. The Morgan fingerprint density at radius 2 is 1.81 bits per heavy atom. The zero-order chi connectivity index (χ0) is 18.5. The second kappa shape index (κ2) is 6.02. The number of guanidine groups is 1. The second-order valence-corrected chi connectivity index (χ2v) is 7.54. The van der Waals surface area contributed by atoms with Gasteiger partial charge in [0.2, 0.25) is 5.96 Å². The highest BCUT2D eigenvalue weighted by molar-refractivity contribution is 6.07. The lowest BCUT2D eigenvalue weighted by Crippen LogP contribution is -2.40. The molecule has 0 atom stereocenters. The van der Waals surface area contributed by atoms with Gasteiger partial charge < -0.3 is 15.1 Å². The normalized spacial score (nSPS) is 14.1. The minimum Gasteiger partial charge on any atom is -0.384 e. The zero-order valence-corrected chi connectivity index (χ0v) is 15.8. The standard InChI is InChI=1S/C23H24N4/c1-26(18-8-10-20-17(14-18)12-13-25-20)23(24)27(2)21-11-7-16-5-3-4-15-6-9-19(21)22(15)16/h3-5,7-8,10-11,14,24-25H,6,9,12-13H2,1-2H3. The van der Waals surface area contributed by atoms with Crippen molar-refractivity contribution in [2.45, 2.75) is 19.3 Å². The first-order valence-corrected chi connectivity index (χ1v) is 9.60. The Bertz CT molecular complexity index is 1070. The van der Waals surface area contributed by atoms with Crippen molar-refractivity contribution in [3.05, 3.63) is 65.2 Å². The number of hydrogen-bond acceptors (Lipinski definition) is 2. The molecule has 0 amide bonds. The molecule has 0 spiro atoms. The molecule has 3 aromatic rings. The van der Waals surface area contributed by atoms with E-state index in [9.17, 15) is 0 Å². The van der Waals surface area contributed by atoms with Crippen molar-refractivity contribution < 1.29 is 0 Å².